The van der Waals surface area contributed by atoms with Crippen LogP contribution >= 0.6 is 11.6 Å². The second kappa shape index (κ2) is 12.7. The van der Waals surface area contributed by atoms with Gasteiger partial charge in [-0.3, -0.25) is 14.7 Å². The number of nitrogens with zero attached hydrogens (tertiary/aromatic N) is 4. The minimum Gasteiger partial charge on any atom is -0.493 e. The van der Waals surface area contributed by atoms with Gasteiger partial charge in [-0.05, 0) is 91.5 Å². The van der Waals surface area contributed by atoms with Gasteiger partial charge in [0.25, 0.3) is 5.91 Å². The van der Waals surface area contributed by atoms with Gasteiger partial charge in [-0.2, -0.15) is 0 Å². The predicted octanol–water partition coefficient (Wildman–Crippen LogP) is 6.58. The van der Waals surface area contributed by atoms with Crippen LogP contribution in [0.25, 0.3) is 10.8 Å². The fraction of sp³-hybridized carbons (Fsp3) is 0.455. The van der Waals surface area contributed by atoms with Gasteiger partial charge in [0.15, 0.2) is 11.5 Å². The molecular formula is C33H39ClN4O3. The minimum atomic E-state index is 0.0728. The number of halogens is 1. The number of piperazine rings is 1. The van der Waals surface area contributed by atoms with Crippen LogP contribution in [0.4, 0.5) is 11.4 Å². The van der Waals surface area contributed by atoms with E-state index in [0.717, 1.165) is 92.2 Å². The van der Waals surface area contributed by atoms with Crippen molar-refractivity contribution in [2.24, 2.45) is 4.99 Å². The second-order valence-corrected chi connectivity index (χ2v) is 11.7. The van der Waals surface area contributed by atoms with Crippen molar-refractivity contribution < 1.29 is 14.3 Å². The maximum absolute atomic E-state index is 13.2. The van der Waals surface area contributed by atoms with E-state index in [-0.39, 0.29) is 11.9 Å². The first-order valence-corrected chi connectivity index (χ1v) is 15.3. The summed E-state index contributed by atoms with van der Waals surface area (Å²) in [7, 11) is 1.67. The highest BCUT2D eigenvalue weighted by Gasteiger charge is 2.32. The fourth-order valence-electron chi connectivity index (χ4n) is 6.22. The average Bonchev–Trinajstić information content (AvgIpc) is 3.43. The largest absolute Gasteiger partial charge is 0.493 e. The third-order valence-electron chi connectivity index (χ3n) is 8.60. The number of unbranched alkanes of at least 4 members (excludes halogenated alkanes) is 3. The lowest BCUT2D eigenvalue weighted by Crippen LogP contribution is -2.46. The topological polar surface area (TPSA) is 57.6 Å². The van der Waals surface area contributed by atoms with E-state index in [2.05, 4.69) is 26.9 Å². The van der Waals surface area contributed by atoms with E-state index in [9.17, 15) is 4.79 Å². The number of hydrogen-bond acceptors (Lipinski definition) is 6. The highest BCUT2D eigenvalue weighted by molar-refractivity contribution is 6.30. The molecule has 0 unspecified atom stereocenters. The summed E-state index contributed by atoms with van der Waals surface area (Å²) in [6, 6.07) is 16.2. The lowest BCUT2D eigenvalue weighted by atomic mass is 10.0. The van der Waals surface area contributed by atoms with Crippen molar-refractivity contribution in [3.8, 4) is 11.5 Å². The molecule has 0 bridgehead atoms. The molecule has 3 aromatic rings. The molecule has 2 saturated heterocycles. The summed E-state index contributed by atoms with van der Waals surface area (Å²) in [6.07, 6.45) is 8.48. The molecule has 1 atom stereocenters. The van der Waals surface area contributed by atoms with Gasteiger partial charge in [-0.15, -0.1) is 0 Å². The lowest BCUT2D eigenvalue weighted by molar-refractivity contribution is 0.0775. The van der Waals surface area contributed by atoms with Gasteiger partial charge in [0, 0.05) is 49.6 Å². The first-order valence-electron chi connectivity index (χ1n) is 15.0. The second-order valence-electron chi connectivity index (χ2n) is 11.3. The number of benzene rings is 3. The Bertz CT molecular complexity index is 1400. The molecule has 0 saturated carbocycles. The molecule has 3 aliphatic rings. The smallest absolute Gasteiger partial charge is 0.256 e. The van der Waals surface area contributed by atoms with Crippen LogP contribution in [0.1, 0.15) is 48.9 Å². The van der Waals surface area contributed by atoms with Crippen LogP contribution in [0.15, 0.2) is 53.5 Å². The highest BCUT2D eigenvalue weighted by Crippen LogP contribution is 2.37. The Labute approximate surface area is 247 Å². The number of methoxy groups -OCH3 is 1. The molecule has 1 amide bonds. The summed E-state index contributed by atoms with van der Waals surface area (Å²) in [5.41, 5.74) is 2.66. The summed E-state index contributed by atoms with van der Waals surface area (Å²) in [5, 5.41) is 2.75. The zero-order valence-electron chi connectivity index (χ0n) is 23.9. The SMILES string of the molecule is COc1cc2cc3c(cc2cc1OCCCCCCN1CCN(c2ccc(Cl)cc2)CC1)C(=O)N1CCC[C@H]1C=N3. The average molecular weight is 575 g/mol. The highest BCUT2D eigenvalue weighted by atomic mass is 35.5. The summed E-state index contributed by atoms with van der Waals surface area (Å²) in [6.45, 7) is 6.92. The van der Waals surface area contributed by atoms with Gasteiger partial charge >= 0.3 is 0 Å². The van der Waals surface area contributed by atoms with Crippen molar-refractivity contribution >= 4 is 45.9 Å². The number of hydrogen-bond donors (Lipinski definition) is 0. The van der Waals surface area contributed by atoms with E-state index in [4.69, 9.17) is 21.1 Å². The molecule has 3 aliphatic heterocycles. The third kappa shape index (κ3) is 6.31. The van der Waals surface area contributed by atoms with Gasteiger partial charge < -0.3 is 19.3 Å². The molecule has 216 valence electrons. The van der Waals surface area contributed by atoms with Crippen LogP contribution in [0.3, 0.4) is 0 Å². The predicted molar refractivity (Wildman–Crippen MR) is 167 cm³/mol. The number of aliphatic imine (C=N–C) groups is 1. The number of amides is 1. The maximum atomic E-state index is 13.2. The van der Waals surface area contributed by atoms with E-state index in [1.807, 2.05) is 47.5 Å². The maximum Gasteiger partial charge on any atom is 0.256 e. The first kappa shape index (κ1) is 27.9. The number of anilines is 1. The van der Waals surface area contributed by atoms with Crippen LogP contribution in [0, 0.1) is 0 Å². The van der Waals surface area contributed by atoms with Crippen molar-refractivity contribution in [3.05, 3.63) is 59.1 Å². The molecule has 0 N–H and O–H groups in total. The monoisotopic (exact) mass is 574 g/mol. The summed E-state index contributed by atoms with van der Waals surface area (Å²) >= 11 is 6.03. The number of rotatable bonds is 10. The number of ether oxygens (including phenoxy) is 2. The van der Waals surface area contributed by atoms with Gasteiger partial charge in [-0.25, -0.2) is 0 Å². The molecule has 2 fully saturated rings. The zero-order valence-corrected chi connectivity index (χ0v) is 24.6. The quantitative estimate of drug-likeness (QED) is 0.256. The van der Waals surface area contributed by atoms with Crippen LogP contribution in [-0.4, -0.2) is 80.9 Å². The summed E-state index contributed by atoms with van der Waals surface area (Å²) in [5.74, 6) is 1.51. The van der Waals surface area contributed by atoms with Crippen LogP contribution in [0.5, 0.6) is 11.5 Å². The molecule has 0 radical (unpaired) electrons. The Kier molecular flexibility index (Phi) is 8.63. The van der Waals surface area contributed by atoms with Crippen molar-refractivity contribution in [2.45, 2.75) is 44.6 Å². The fourth-order valence-corrected chi connectivity index (χ4v) is 6.35. The molecule has 8 heteroatoms. The van der Waals surface area contributed by atoms with Gasteiger partial charge in [0.2, 0.25) is 0 Å². The Morgan fingerprint density at radius 2 is 1.66 bits per heavy atom. The van der Waals surface area contributed by atoms with E-state index in [1.54, 1.807) is 7.11 Å². The lowest BCUT2D eigenvalue weighted by Gasteiger charge is -2.36. The Hall–Kier alpha value is -3.29. The van der Waals surface area contributed by atoms with E-state index in [1.165, 1.54) is 18.5 Å². The normalized spacial score (nSPS) is 18.9. The van der Waals surface area contributed by atoms with Gasteiger partial charge in [0.05, 0.1) is 31.0 Å². The Balaban J connectivity index is 0.965. The van der Waals surface area contributed by atoms with Crippen molar-refractivity contribution in [1.82, 2.24) is 9.80 Å². The zero-order chi connectivity index (χ0) is 28.2. The molecule has 0 aliphatic carbocycles. The first-order chi connectivity index (χ1) is 20.1. The minimum absolute atomic E-state index is 0.0728. The van der Waals surface area contributed by atoms with Crippen molar-refractivity contribution in [3.63, 3.8) is 0 Å². The summed E-state index contributed by atoms with van der Waals surface area (Å²) in [4.78, 5) is 24.9. The molecule has 3 heterocycles. The number of fused-ring (bicyclic) bond motifs is 3. The van der Waals surface area contributed by atoms with E-state index < -0.39 is 0 Å². The molecule has 3 aromatic carbocycles. The molecule has 0 aromatic heterocycles. The molecular weight excluding hydrogens is 536 g/mol. The van der Waals surface area contributed by atoms with Gasteiger partial charge in [-0.1, -0.05) is 24.4 Å². The molecule has 41 heavy (non-hydrogen) atoms. The van der Waals surface area contributed by atoms with Gasteiger partial charge in [0.1, 0.15) is 0 Å². The van der Waals surface area contributed by atoms with Crippen molar-refractivity contribution in [1.29, 1.82) is 0 Å². The molecule has 6 rings (SSSR count). The van der Waals surface area contributed by atoms with E-state index in [0.29, 0.717) is 17.9 Å². The standard InChI is InChI=1S/C33H39ClN4O3/c1-40-31-21-25-20-30-29(33(39)38-13-6-7-28(38)23-35-30)19-24(25)22-32(31)41-18-5-3-2-4-12-36-14-16-37(17-15-36)27-10-8-26(34)9-11-27/h8-11,19-23,28H,2-7,12-18H2,1H3/t28-/m0/s1. The Morgan fingerprint density at radius 3 is 2.46 bits per heavy atom. The number of carbonyl (C=O) groups is 1. The van der Waals surface area contributed by atoms with Crippen LogP contribution < -0.4 is 14.4 Å². The Morgan fingerprint density at radius 1 is 0.902 bits per heavy atom. The van der Waals surface area contributed by atoms with E-state index >= 15 is 0 Å². The van der Waals surface area contributed by atoms with Crippen LogP contribution in [-0.2, 0) is 0 Å². The molecule has 0 spiro atoms. The summed E-state index contributed by atoms with van der Waals surface area (Å²) < 4.78 is 11.8. The van der Waals surface area contributed by atoms with Crippen LogP contribution in [0.2, 0.25) is 5.02 Å². The molecule has 7 nitrogen and oxygen atoms in total. The van der Waals surface area contributed by atoms with Crippen molar-refractivity contribution in [2.75, 3.05) is 57.9 Å². The number of carbonyl (C=O) groups excluding carboxylic acids is 1. The third-order valence-corrected chi connectivity index (χ3v) is 8.86.